The second-order valence-corrected chi connectivity index (χ2v) is 6.14. The largest absolute Gasteiger partial charge is 0.494 e. The first-order valence-electron chi connectivity index (χ1n) is 8.92. The molecule has 0 saturated heterocycles. The van der Waals surface area contributed by atoms with Crippen molar-refractivity contribution >= 4 is 11.7 Å². The Morgan fingerprint density at radius 1 is 1.12 bits per heavy atom. The van der Waals surface area contributed by atoms with E-state index in [1.54, 1.807) is 31.2 Å². The molecule has 0 radical (unpaired) electrons. The van der Waals surface area contributed by atoms with E-state index in [4.69, 9.17) is 15.9 Å². The highest BCUT2D eigenvalue weighted by Crippen LogP contribution is 2.13. The predicted octanol–water partition coefficient (Wildman–Crippen LogP) is 3.87. The SMILES string of the molecule is CCCCCCCCCOc1ccc(C(=O)NC(C)C(=N)N)cc1. The third kappa shape index (κ3) is 7.99. The van der Waals surface area contributed by atoms with E-state index in [1.165, 1.54) is 38.5 Å². The van der Waals surface area contributed by atoms with Gasteiger partial charge in [0.25, 0.3) is 5.91 Å². The Hall–Kier alpha value is -2.04. The maximum Gasteiger partial charge on any atom is 0.251 e. The Morgan fingerprint density at radius 2 is 1.71 bits per heavy atom. The average molecular weight is 333 g/mol. The zero-order chi connectivity index (χ0) is 17.8. The van der Waals surface area contributed by atoms with E-state index in [0.717, 1.165) is 12.2 Å². The summed E-state index contributed by atoms with van der Waals surface area (Å²) < 4.78 is 5.70. The summed E-state index contributed by atoms with van der Waals surface area (Å²) >= 11 is 0. The van der Waals surface area contributed by atoms with E-state index in [9.17, 15) is 4.79 Å². The van der Waals surface area contributed by atoms with E-state index in [-0.39, 0.29) is 11.7 Å². The van der Waals surface area contributed by atoms with Gasteiger partial charge >= 0.3 is 0 Å². The molecule has 1 aromatic rings. The van der Waals surface area contributed by atoms with Crippen LogP contribution in [0.2, 0.25) is 0 Å². The molecule has 0 aliphatic rings. The highest BCUT2D eigenvalue weighted by atomic mass is 16.5. The van der Waals surface area contributed by atoms with E-state index in [1.807, 2.05) is 0 Å². The Bertz CT molecular complexity index is 500. The lowest BCUT2D eigenvalue weighted by atomic mass is 10.1. The number of benzene rings is 1. The van der Waals surface area contributed by atoms with E-state index in [2.05, 4.69) is 12.2 Å². The standard InChI is InChI=1S/C19H31N3O2/c1-3-4-5-6-7-8-9-14-24-17-12-10-16(11-13-17)19(23)22-15(2)18(20)21/h10-13,15H,3-9,14H2,1-2H3,(H3,20,21)(H,22,23). The summed E-state index contributed by atoms with van der Waals surface area (Å²) in [5, 5.41) is 9.96. The fourth-order valence-corrected chi connectivity index (χ4v) is 2.31. The molecule has 1 atom stereocenters. The molecular formula is C19H31N3O2. The Balaban J connectivity index is 2.25. The molecule has 5 nitrogen and oxygen atoms in total. The molecule has 0 fully saturated rings. The molecule has 0 heterocycles. The monoisotopic (exact) mass is 333 g/mol. The van der Waals surface area contributed by atoms with Crippen molar-refractivity contribution in [3.05, 3.63) is 29.8 Å². The van der Waals surface area contributed by atoms with Gasteiger partial charge in [-0.05, 0) is 37.6 Å². The number of carbonyl (C=O) groups excluding carboxylic acids is 1. The molecule has 0 aliphatic carbocycles. The van der Waals surface area contributed by atoms with Crippen LogP contribution in [0.5, 0.6) is 5.75 Å². The van der Waals surface area contributed by atoms with Crippen molar-refractivity contribution in [2.75, 3.05) is 6.61 Å². The van der Waals surface area contributed by atoms with Gasteiger partial charge in [0, 0.05) is 5.56 Å². The highest BCUT2D eigenvalue weighted by Gasteiger charge is 2.11. The predicted molar refractivity (Wildman–Crippen MR) is 98.8 cm³/mol. The smallest absolute Gasteiger partial charge is 0.251 e. The highest BCUT2D eigenvalue weighted by molar-refractivity contribution is 5.97. The normalized spacial score (nSPS) is 11.8. The number of rotatable bonds is 12. The lowest BCUT2D eigenvalue weighted by Gasteiger charge is -2.12. The van der Waals surface area contributed by atoms with Crippen molar-refractivity contribution in [1.82, 2.24) is 5.32 Å². The fraction of sp³-hybridized carbons (Fsp3) is 0.579. The third-order valence-electron chi connectivity index (χ3n) is 3.95. The summed E-state index contributed by atoms with van der Waals surface area (Å²) in [7, 11) is 0. The van der Waals surface area contributed by atoms with Crippen LogP contribution in [0, 0.1) is 5.41 Å². The molecule has 0 bridgehead atoms. The molecule has 1 unspecified atom stereocenters. The summed E-state index contributed by atoms with van der Waals surface area (Å²) in [6.45, 7) is 4.62. The van der Waals surface area contributed by atoms with Crippen molar-refractivity contribution in [3.8, 4) is 5.75 Å². The van der Waals surface area contributed by atoms with Crippen molar-refractivity contribution in [2.45, 2.75) is 64.8 Å². The van der Waals surface area contributed by atoms with Gasteiger partial charge in [-0.2, -0.15) is 0 Å². The fourth-order valence-electron chi connectivity index (χ4n) is 2.31. The van der Waals surface area contributed by atoms with Gasteiger partial charge in [-0.1, -0.05) is 45.4 Å². The molecule has 24 heavy (non-hydrogen) atoms. The van der Waals surface area contributed by atoms with Gasteiger partial charge in [0.1, 0.15) is 11.6 Å². The van der Waals surface area contributed by atoms with E-state index in [0.29, 0.717) is 12.2 Å². The van der Waals surface area contributed by atoms with Crippen LogP contribution in [-0.4, -0.2) is 24.4 Å². The zero-order valence-corrected chi connectivity index (χ0v) is 14.9. The molecule has 5 heteroatoms. The van der Waals surface area contributed by atoms with Crippen molar-refractivity contribution < 1.29 is 9.53 Å². The van der Waals surface area contributed by atoms with Gasteiger partial charge in [-0.3, -0.25) is 10.2 Å². The summed E-state index contributed by atoms with van der Waals surface area (Å²) in [5.41, 5.74) is 5.88. The molecule has 134 valence electrons. The number of carbonyl (C=O) groups is 1. The first-order chi connectivity index (χ1) is 11.5. The van der Waals surface area contributed by atoms with Gasteiger partial charge in [0.15, 0.2) is 0 Å². The first-order valence-corrected chi connectivity index (χ1v) is 8.92. The number of hydrogen-bond acceptors (Lipinski definition) is 3. The van der Waals surface area contributed by atoms with Crippen LogP contribution in [0.4, 0.5) is 0 Å². The molecule has 1 aromatic carbocycles. The second kappa shape index (κ2) is 11.5. The number of amidine groups is 1. The summed E-state index contributed by atoms with van der Waals surface area (Å²) in [4.78, 5) is 12.0. The Morgan fingerprint density at radius 3 is 2.29 bits per heavy atom. The minimum Gasteiger partial charge on any atom is -0.494 e. The van der Waals surface area contributed by atoms with Gasteiger partial charge in [-0.25, -0.2) is 0 Å². The molecule has 0 aromatic heterocycles. The third-order valence-corrected chi connectivity index (χ3v) is 3.95. The van der Waals surface area contributed by atoms with Crippen molar-refractivity contribution in [2.24, 2.45) is 5.73 Å². The average Bonchev–Trinajstić information content (AvgIpc) is 2.57. The van der Waals surface area contributed by atoms with Crippen LogP contribution in [0.15, 0.2) is 24.3 Å². The minimum absolute atomic E-state index is 0.0574. The van der Waals surface area contributed by atoms with Crippen molar-refractivity contribution in [3.63, 3.8) is 0 Å². The van der Waals surface area contributed by atoms with Gasteiger partial charge in [0.2, 0.25) is 0 Å². The minimum atomic E-state index is -0.467. The maximum atomic E-state index is 12.0. The first kappa shape index (κ1) is 20.0. The van der Waals surface area contributed by atoms with Crippen LogP contribution >= 0.6 is 0 Å². The van der Waals surface area contributed by atoms with Crippen LogP contribution < -0.4 is 15.8 Å². The molecule has 1 amide bonds. The van der Waals surface area contributed by atoms with Crippen LogP contribution in [0.25, 0.3) is 0 Å². The van der Waals surface area contributed by atoms with E-state index < -0.39 is 6.04 Å². The van der Waals surface area contributed by atoms with Crippen molar-refractivity contribution in [1.29, 1.82) is 5.41 Å². The number of ether oxygens (including phenoxy) is 1. The topological polar surface area (TPSA) is 88.2 Å². The Labute approximate surface area is 145 Å². The number of unbranched alkanes of at least 4 members (excludes halogenated alkanes) is 6. The quantitative estimate of drug-likeness (QED) is 0.308. The van der Waals surface area contributed by atoms with Gasteiger partial charge < -0.3 is 15.8 Å². The Kier molecular flexibility index (Phi) is 9.58. The number of hydrogen-bond donors (Lipinski definition) is 3. The van der Waals surface area contributed by atoms with Gasteiger partial charge in [-0.15, -0.1) is 0 Å². The molecule has 1 rings (SSSR count). The lowest BCUT2D eigenvalue weighted by molar-refractivity contribution is 0.0949. The van der Waals surface area contributed by atoms with Crippen LogP contribution in [0.3, 0.4) is 0 Å². The van der Waals surface area contributed by atoms with Gasteiger partial charge in [0.05, 0.1) is 12.6 Å². The van der Waals surface area contributed by atoms with Crippen LogP contribution in [0.1, 0.15) is 69.2 Å². The van der Waals surface area contributed by atoms with E-state index >= 15 is 0 Å². The molecule has 0 spiro atoms. The lowest BCUT2D eigenvalue weighted by Crippen LogP contribution is -2.41. The van der Waals surface area contributed by atoms with Crippen LogP contribution in [-0.2, 0) is 0 Å². The molecular weight excluding hydrogens is 302 g/mol. The molecule has 0 aliphatic heterocycles. The summed E-state index contributed by atoms with van der Waals surface area (Å²) in [6, 6.07) is 6.58. The molecule has 0 saturated carbocycles. The number of amides is 1. The second-order valence-electron chi connectivity index (χ2n) is 6.14. The maximum absolute atomic E-state index is 12.0. The summed E-state index contributed by atoms with van der Waals surface area (Å²) in [5.74, 6) is 0.478. The zero-order valence-electron chi connectivity index (χ0n) is 14.9. The summed E-state index contributed by atoms with van der Waals surface area (Å²) in [6.07, 6.45) is 8.81. The molecule has 4 N–H and O–H groups in total. The number of nitrogens with one attached hydrogen (secondary N) is 2. The number of nitrogens with two attached hydrogens (primary N) is 1.